The van der Waals surface area contributed by atoms with Gasteiger partial charge in [-0.1, -0.05) is 12.1 Å². The van der Waals surface area contributed by atoms with Gasteiger partial charge in [0, 0.05) is 10.5 Å². The van der Waals surface area contributed by atoms with Crippen molar-refractivity contribution in [3.8, 4) is 28.2 Å². The quantitative estimate of drug-likeness (QED) is 0.666. The Morgan fingerprint density at radius 1 is 1.29 bits per heavy atom. The Labute approximate surface area is 130 Å². The van der Waals surface area contributed by atoms with Crippen LogP contribution in [0.4, 0.5) is 0 Å². The van der Waals surface area contributed by atoms with Crippen LogP contribution in [0.5, 0.6) is 0 Å². The lowest BCUT2D eigenvalue weighted by molar-refractivity contribution is 0.433. The summed E-state index contributed by atoms with van der Waals surface area (Å²) in [6, 6.07) is 11.9. The summed E-state index contributed by atoms with van der Waals surface area (Å²) in [6.07, 6.45) is 0. The maximum Gasteiger partial charge on any atom is 0.269 e. The first-order chi connectivity index (χ1) is 10.3. The highest BCUT2D eigenvalue weighted by Crippen LogP contribution is 2.30. The zero-order valence-electron chi connectivity index (χ0n) is 11.2. The van der Waals surface area contributed by atoms with Gasteiger partial charge in [0.2, 0.25) is 5.82 Å². The summed E-state index contributed by atoms with van der Waals surface area (Å²) in [5.41, 5.74) is 1.46. The van der Waals surface area contributed by atoms with Crippen molar-refractivity contribution in [2.24, 2.45) is 0 Å². The van der Waals surface area contributed by atoms with E-state index in [0.29, 0.717) is 17.3 Å². The van der Waals surface area contributed by atoms with Crippen molar-refractivity contribution in [2.45, 2.75) is 11.8 Å². The first kappa shape index (κ1) is 13.9. The molecule has 6 heteroatoms. The number of hydrogen-bond acceptors (Lipinski definition) is 6. The van der Waals surface area contributed by atoms with Gasteiger partial charge >= 0.3 is 0 Å². The monoisotopic (exact) mass is 313 g/mol. The molecule has 21 heavy (non-hydrogen) atoms. The molecule has 3 rings (SSSR count). The van der Waals surface area contributed by atoms with Gasteiger partial charge in [-0.05, 0) is 41.5 Å². The summed E-state index contributed by atoms with van der Waals surface area (Å²) < 4.78 is 5.28. The van der Waals surface area contributed by atoms with Gasteiger partial charge in [-0.15, -0.1) is 23.1 Å². The van der Waals surface area contributed by atoms with E-state index in [0.717, 1.165) is 16.2 Å². The van der Waals surface area contributed by atoms with Crippen molar-refractivity contribution < 1.29 is 4.52 Å². The topological polar surface area (TPSA) is 62.7 Å². The minimum atomic E-state index is 0.392. The van der Waals surface area contributed by atoms with Crippen molar-refractivity contribution in [1.29, 1.82) is 5.26 Å². The summed E-state index contributed by atoms with van der Waals surface area (Å²) >= 11 is 3.21. The number of thiophene rings is 1. The lowest BCUT2D eigenvalue weighted by Crippen LogP contribution is -1.82. The molecule has 0 unspecified atom stereocenters. The van der Waals surface area contributed by atoms with Gasteiger partial charge in [0.15, 0.2) is 0 Å². The Morgan fingerprint density at radius 3 is 2.81 bits per heavy atom. The van der Waals surface area contributed by atoms with Gasteiger partial charge in [-0.25, -0.2) is 0 Å². The molecule has 0 amide bonds. The first-order valence-corrected chi connectivity index (χ1v) is 8.23. The second-order valence-electron chi connectivity index (χ2n) is 4.16. The van der Waals surface area contributed by atoms with Crippen molar-refractivity contribution >= 4 is 23.1 Å². The summed E-state index contributed by atoms with van der Waals surface area (Å²) in [6.45, 7) is 2.12. The van der Waals surface area contributed by atoms with E-state index in [-0.39, 0.29) is 0 Å². The van der Waals surface area contributed by atoms with E-state index in [4.69, 9.17) is 9.78 Å². The molecule has 0 aliphatic rings. The molecule has 0 fully saturated rings. The van der Waals surface area contributed by atoms with E-state index < -0.39 is 0 Å². The molecule has 0 atom stereocenters. The summed E-state index contributed by atoms with van der Waals surface area (Å²) in [7, 11) is 0. The van der Waals surface area contributed by atoms with Crippen molar-refractivity contribution in [1.82, 2.24) is 10.1 Å². The number of hydrogen-bond donors (Lipinski definition) is 0. The molecular weight excluding hydrogens is 302 g/mol. The fourth-order valence-corrected chi connectivity index (χ4v) is 3.29. The molecule has 0 spiro atoms. The predicted molar refractivity (Wildman–Crippen MR) is 84.2 cm³/mol. The van der Waals surface area contributed by atoms with Gasteiger partial charge < -0.3 is 4.52 Å². The number of thioether (sulfide) groups is 1. The van der Waals surface area contributed by atoms with Crippen LogP contribution >= 0.6 is 23.1 Å². The Hall–Kier alpha value is -2.10. The third-order valence-electron chi connectivity index (χ3n) is 2.83. The van der Waals surface area contributed by atoms with Gasteiger partial charge in [0.1, 0.15) is 10.9 Å². The van der Waals surface area contributed by atoms with Gasteiger partial charge in [-0.2, -0.15) is 10.2 Å². The highest BCUT2D eigenvalue weighted by atomic mass is 32.2. The molecule has 104 valence electrons. The number of nitriles is 1. The van der Waals surface area contributed by atoms with Crippen molar-refractivity contribution in [3.63, 3.8) is 0 Å². The number of nitrogens with zero attached hydrogens (tertiary/aromatic N) is 3. The Morgan fingerprint density at radius 2 is 2.10 bits per heavy atom. The van der Waals surface area contributed by atoms with Crippen LogP contribution in [0.2, 0.25) is 0 Å². The molecule has 0 radical (unpaired) electrons. The van der Waals surface area contributed by atoms with Crippen LogP contribution in [-0.2, 0) is 0 Å². The van der Waals surface area contributed by atoms with Crippen LogP contribution in [0.15, 0.2) is 45.1 Å². The van der Waals surface area contributed by atoms with Crippen LogP contribution in [0.3, 0.4) is 0 Å². The standard InChI is InChI=1S/C15H11N3OS2/c1-2-20-12-5-3-10(4-6-12)14-17-15(19-18-14)13-11(9-16)7-8-21-13/h3-8H,2H2,1H3. The van der Waals surface area contributed by atoms with Gasteiger partial charge in [-0.3, -0.25) is 0 Å². The molecule has 0 aliphatic carbocycles. The zero-order valence-corrected chi connectivity index (χ0v) is 12.9. The van der Waals surface area contributed by atoms with Crippen LogP contribution in [-0.4, -0.2) is 15.9 Å². The average Bonchev–Trinajstić information content (AvgIpc) is 3.17. The third-order valence-corrected chi connectivity index (χ3v) is 4.63. The second-order valence-corrected chi connectivity index (χ2v) is 6.41. The minimum absolute atomic E-state index is 0.392. The summed E-state index contributed by atoms with van der Waals surface area (Å²) in [5, 5.41) is 14.9. The maximum absolute atomic E-state index is 9.04. The van der Waals surface area contributed by atoms with Gasteiger partial charge in [0.25, 0.3) is 5.89 Å². The normalized spacial score (nSPS) is 10.5. The molecule has 0 N–H and O–H groups in total. The van der Waals surface area contributed by atoms with Crippen LogP contribution in [0.25, 0.3) is 22.2 Å². The molecule has 2 aromatic heterocycles. The van der Waals surface area contributed by atoms with E-state index >= 15 is 0 Å². The molecule has 1 aromatic carbocycles. The van der Waals surface area contributed by atoms with E-state index in [9.17, 15) is 0 Å². The van der Waals surface area contributed by atoms with E-state index in [1.54, 1.807) is 17.8 Å². The zero-order chi connectivity index (χ0) is 14.7. The van der Waals surface area contributed by atoms with E-state index in [2.05, 4.69) is 23.1 Å². The molecule has 0 saturated carbocycles. The molecule has 0 aliphatic heterocycles. The van der Waals surface area contributed by atoms with Crippen molar-refractivity contribution in [2.75, 3.05) is 5.75 Å². The fourth-order valence-electron chi connectivity index (χ4n) is 1.86. The van der Waals surface area contributed by atoms with E-state index in [1.165, 1.54) is 16.2 Å². The Bertz CT molecular complexity index is 784. The highest BCUT2D eigenvalue weighted by molar-refractivity contribution is 7.99. The Balaban J connectivity index is 1.90. The summed E-state index contributed by atoms with van der Waals surface area (Å²) in [4.78, 5) is 6.32. The molecule has 3 aromatic rings. The first-order valence-electron chi connectivity index (χ1n) is 6.36. The van der Waals surface area contributed by atoms with Gasteiger partial charge in [0.05, 0.1) is 5.56 Å². The van der Waals surface area contributed by atoms with Crippen LogP contribution < -0.4 is 0 Å². The van der Waals surface area contributed by atoms with E-state index in [1.807, 2.05) is 29.6 Å². The molecular formula is C15H11N3OS2. The number of benzene rings is 1. The minimum Gasteiger partial charge on any atom is -0.333 e. The third kappa shape index (κ3) is 2.84. The smallest absolute Gasteiger partial charge is 0.269 e. The fraction of sp³-hybridized carbons (Fsp3) is 0.133. The lowest BCUT2D eigenvalue weighted by Gasteiger charge is -1.98. The second kappa shape index (κ2) is 6.12. The molecule has 4 nitrogen and oxygen atoms in total. The Kier molecular flexibility index (Phi) is 4.04. The molecule has 0 bridgehead atoms. The predicted octanol–water partition coefficient (Wildman–Crippen LogP) is 4.45. The average molecular weight is 313 g/mol. The van der Waals surface area contributed by atoms with Crippen molar-refractivity contribution in [3.05, 3.63) is 41.3 Å². The maximum atomic E-state index is 9.04. The molecule has 0 saturated heterocycles. The number of aromatic nitrogens is 2. The van der Waals surface area contributed by atoms with Crippen LogP contribution in [0.1, 0.15) is 12.5 Å². The lowest BCUT2D eigenvalue weighted by atomic mass is 10.2. The molecule has 2 heterocycles. The summed E-state index contributed by atoms with van der Waals surface area (Å²) in [5.74, 6) is 1.97. The highest BCUT2D eigenvalue weighted by Gasteiger charge is 2.15. The number of rotatable bonds is 4. The van der Waals surface area contributed by atoms with Crippen LogP contribution in [0, 0.1) is 11.3 Å². The largest absolute Gasteiger partial charge is 0.333 e. The SMILES string of the molecule is CCSc1ccc(-c2noc(-c3sccc3C#N)n2)cc1.